The highest BCUT2D eigenvalue weighted by Gasteiger charge is 2.51. The average Bonchev–Trinajstić information content (AvgIpc) is 3.11. The van der Waals surface area contributed by atoms with Crippen LogP contribution in [0.4, 0.5) is 84.7 Å². The van der Waals surface area contributed by atoms with Crippen molar-refractivity contribution in [3.63, 3.8) is 0 Å². The van der Waals surface area contributed by atoms with E-state index in [1.165, 1.54) is 34.6 Å². The number of hydrogen-bond donors (Lipinski definition) is 0. The predicted molar refractivity (Wildman–Crippen MR) is 182 cm³/mol. The van der Waals surface area contributed by atoms with E-state index < -0.39 is 151 Å². The van der Waals surface area contributed by atoms with Gasteiger partial charge in [-0.2, -0.15) is 79.0 Å². The van der Waals surface area contributed by atoms with E-state index >= 15 is 13.2 Å². The molecule has 7 nitrogen and oxygen atoms in total. The Morgan fingerprint density at radius 1 is 0.484 bits per heavy atom. The van der Waals surface area contributed by atoms with Gasteiger partial charge in [-0.25, -0.2) is 0 Å². The second-order valence-electron chi connectivity index (χ2n) is 12.7. The molecule has 1 atom stereocenters. The maximum Gasteiger partial charge on any atom is 0.864 e. The summed E-state index contributed by atoms with van der Waals surface area (Å²) in [5, 5.41) is 0. The lowest BCUT2D eigenvalue weighted by molar-refractivity contribution is -0.284. The molecule has 0 saturated carbocycles. The first kappa shape index (κ1) is 51.9. The van der Waals surface area contributed by atoms with E-state index in [1.54, 1.807) is 0 Å². The van der Waals surface area contributed by atoms with Crippen molar-refractivity contribution >= 4 is 13.0 Å². The fourth-order valence-corrected chi connectivity index (χ4v) is 5.81. The number of halogens is 18. The number of benzene rings is 3. The Kier molecular flexibility index (Phi) is 16.0. The van der Waals surface area contributed by atoms with Crippen molar-refractivity contribution in [2.24, 2.45) is 0 Å². The number of rotatable bonds is 17. The van der Waals surface area contributed by atoms with Crippen LogP contribution in [0, 0.1) is 0 Å². The summed E-state index contributed by atoms with van der Waals surface area (Å²) in [6.45, 7) is 4.91. The minimum Gasteiger partial charge on any atom is -0.490 e. The quantitative estimate of drug-likeness (QED) is 0.0759. The third kappa shape index (κ3) is 12.8. The molecule has 0 amide bonds. The Morgan fingerprint density at radius 2 is 0.855 bits per heavy atom. The maximum absolute atomic E-state index is 15.1. The van der Waals surface area contributed by atoms with Crippen LogP contribution < -0.4 is 18.9 Å². The summed E-state index contributed by atoms with van der Waals surface area (Å²) in [6.07, 6.45) is -35.8. The zero-order valence-corrected chi connectivity index (χ0v) is 32.5. The number of anilines is 1. The van der Waals surface area contributed by atoms with Crippen LogP contribution in [0.2, 0.25) is 0 Å². The highest BCUT2D eigenvalue weighted by atomic mass is 19.4. The highest BCUT2D eigenvalue weighted by molar-refractivity contribution is 6.39. The average molecular weight is 929 g/mol. The molecule has 0 saturated heterocycles. The van der Waals surface area contributed by atoms with E-state index in [9.17, 15) is 65.9 Å². The SMILES string of the molecule is CCCN(c1c(OB(Oc2cc(C(F)(F)F)cc(C(F)(F)F)c2)Oc2cc(C(F)(F)F)cc(C(F)(F)F)c2)cc(C(F)(F)F)cc1C(F)(F)F)C(OCC)(OCC)C(C)OCC. The lowest BCUT2D eigenvalue weighted by Gasteiger charge is -2.47. The van der Waals surface area contributed by atoms with Gasteiger partial charge in [0.25, 0.3) is 5.91 Å². The first-order chi connectivity index (χ1) is 28.2. The standard InChI is InChI=1S/C36H34BF18NO6/c1-6-10-56(36(58-8-3,59-9-4)19(5)57-7-2)29-27(35(53,54)55)17-24(34(50,51)52)18-28(29)62-37(60-25-13-20(30(38,39)40)11-21(14-25)31(41,42)43)61-26-15-22(32(44,45)46)12-23(16-26)33(47,48)49/h11-19H,6-10H2,1-5H3. The molecule has 0 aliphatic carbocycles. The molecule has 0 aromatic heterocycles. The molecule has 348 valence electrons. The minimum atomic E-state index is -5.83. The largest absolute Gasteiger partial charge is 0.864 e. The van der Waals surface area contributed by atoms with Gasteiger partial charge in [0, 0.05) is 26.4 Å². The minimum absolute atomic E-state index is 0.179. The van der Waals surface area contributed by atoms with Crippen molar-refractivity contribution < 1.29 is 107 Å². The van der Waals surface area contributed by atoms with E-state index in [0.717, 1.165) is 0 Å². The molecule has 0 heterocycles. The normalized spacial score (nSPS) is 13.9. The van der Waals surface area contributed by atoms with Gasteiger partial charge in [0.05, 0.1) is 39.1 Å². The van der Waals surface area contributed by atoms with Crippen molar-refractivity contribution in [1.82, 2.24) is 0 Å². The van der Waals surface area contributed by atoms with Crippen LogP contribution in [0.15, 0.2) is 48.5 Å². The van der Waals surface area contributed by atoms with Gasteiger partial charge < -0.3 is 33.1 Å². The van der Waals surface area contributed by atoms with Crippen molar-refractivity contribution in [2.45, 2.75) is 90.1 Å². The lowest BCUT2D eigenvalue weighted by atomic mass is 10.0. The van der Waals surface area contributed by atoms with E-state index in [2.05, 4.69) is 0 Å². The number of hydrogen-bond acceptors (Lipinski definition) is 7. The molecule has 0 fully saturated rings. The lowest BCUT2D eigenvalue weighted by Crippen LogP contribution is -2.61. The van der Waals surface area contributed by atoms with Gasteiger partial charge in [0.1, 0.15) is 23.4 Å². The molecule has 3 aromatic rings. The Hall–Kier alpha value is -4.46. The monoisotopic (exact) mass is 929 g/mol. The van der Waals surface area contributed by atoms with Gasteiger partial charge in [-0.1, -0.05) is 6.92 Å². The van der Waals surface area contributed by atoms with Crippen LogP contribution in [0.1, 0.15) is 74.4 Å². The van der Waals surface area contributed by atoms with Crippen LogP contribution in [0.5, 0.6) is 17.2 Å². The number of ether oxygens (including phenoxy) is 3. The van der Waals surface area contributed by atoms with E-state index in [1.807, 2.05) is 0 Å². The molecule has 62 heavy (non-hydrogen) atoms. The second-order valence-corrected chi connectivity index (χ2v) is 12.7. The van der Waals surface area contributed by atoms with Gasteiger partial charge in [-0.05, 0) is 82.6 Å². The van der Waals surface area contributed by atoms with Crippen molar-refractivity contribution in [1.29, 1.82) is 0 Å². The topological polar surface area (TPSA) is 58.6 Å². The molecule has 0 radical (unpaired) electrons. The van der Waals surface area contributed by atoms with Gasteiger partial charge in [0.2, 0.25) is 0 Å². The van der Waals surface area contributed by atoms with Gasteiger partial charge in [0.15, 0.2) is 0 Å². The fraction of sp³-hybridized carbons (Fsp3) is 0.500. The summed E-state index contributed by atoms with van der Waals surface area (Å²) in [5.41, 5.74) is -14.5. The van der Waals surface area contributed by atoms with Crippen LogP contribution in [0.3, 0.4) is 0 Å². The molecule has 0 bridgehead atoms. The molecule has 0 spiro atoms. The molecule has 26 heteroatoms. The fourth-order valence-electron chi connectivity index (χ4n) is 5.81. The molecular formula is C36H34BF18NO6. The maximum atomic E-state index is 15.1. The van der Waals surface area contributed by atoms with Gasteiger partial charge in [-0.3, -0.25) is 0 Å². The first-order valence-corrected chi connectivity index (χ1v) is 17.8. The molecule has 0 aliphatic heterocycles. The molecular weight excluding hydrogens is 895 g/mol. The van der Waals surface area contributed by atoms with Gasteiger partial charge in [-0.15, -0.1) is 0 Å². The van der Waals surface area contributed by atoms with E-state index in [0.29, 0.717) is 4.90 Å². The van der Waals surface area contributed by atoms with E-state index in [-0.39, 0.29) is 43.4 Å². The summed E-state index contributed by atoms with van der Waals surface area (Å²) >= 11 is 0. The third-order valence-electron chi connectivity index (χ3n) is 8.24. The summed E-state index contributed by atoms with van der Waals surface area (Å²) in [4.78, 5) is 0.563. The summed E-state index contributed by atoms with van der Waals surface area (Å²) in [7, 11) is -3.41. The molecule has 0 aliphatic rings. The van der Waals surface area contributed by atoms with Gasteiger partial charge >= 0.3 is 44.4 Å². The molecule has 3 aromatic carbocycles. The van der Waals surface area contributed by atoms with Crippen molar-refractivity contribution in [3.8, 4) is 17.2 Å². The van der Waals surface area contributed by atoms with Crippen LogP contribution in [0.25, 0.3) is 0 Å². The van der Waals surface area contributed by atoms with Crippen LogP contribution in [-0.4, -0.2) is 45.7 Å². The molecule has 3 rings (SSSR count). The molecule has 1 unspecified atom stereocenters. The number of nitrogens with zero attached hydrogens (tertiary/aromatic N) is 1. The summed E-state index contributed by atoms with van der Waals surface area (Å²) < 4.78 is 287. The Balaban J connectivity index is 2.60. The van der Waals surface area contributed by atoms with Crippen LogP contribution >= 0.6 is 0 Å². The second kappa shape index (κ2) is 19.1. The van der Waals surface area contributed by atoms with E-state index in [4.69, 9.17) is 28.2 Å². The first-order valence-electron chi connectivity index (χ1n) is 17.8. The van der Waals surface area contributed by atoms with Crippen LogP contribution in [-0.2, 0) is 51.3 Å². The number of alkyl halides is 18. The predicted octanol–water partition coefficient (Wildman–Crippen LogP) is 12.7. The zero-order chi connectivity index (χ0) is 47.4. The van der Waals surface area contributed by atoms with Crippen molar-refractivity contribution in [3.05, 3.63) is 81.9 Å². The third-order valence-corrected chi connectivity index (χ3v) is 8.24. The molecule has 0 N–H and O–H groups in total. The Bertz CT molecular complexity index is 1810. The summed E-state index contributed by atoms with van der Waals surface area (Å²) in [5.74, 6) is -7.59. The summed E-state index contributed by atoms with van der Waals surface area (Å²) in [6, 6.07) is -2.33. The smallest absolute Gasteiger partial charge is 0.490 e. The highest BCUT2D eigenvalue weighted by Crippen LogP contribution is 2.50. The Labute approximate surface area is 340 Å². The van der Waals surface area contributed by atoms with Crippen molar-refractivity contribution in [2.75, 3.05) is 31.3 Å². The zero-order valence-electron chi connectivity index (χ0n) is 32.5. The Morgan fingerprint density at radius 3 is 1.16 bits per heavy atom.